The van der Waals surface area contributed by atoms with Crippen LogP contribution in [-0.4, -0.2) is 16.9 Å². The summed E-state index contributed by atoms with van der Waals surface area (Å²) in [5, 5.41) is 4.15. The number of pyridine rings is 1. The van der Waals surface area contributed by atoms with Gasteiger partial charge in [-0.05, 0) is 25.0 Å². The van der Waals surface area contributed by atoms with Crippen molar-refractivity contribution in [2.24, 2.45) is 0 Å². The molecule has 1 amide bonds. The van der Waals surface area contributed by atoms with Gasteiger partial charge in [-0.2, -0.15) is 0 Å². The van der Waals surface area contributed by atoms with Crippen LogP contribution in [0.25, 0.3) is 22.2 Å². The van der Waals surface area contributed by atoms with Crippen molar-refractivity contribution in [3.8, 4) is 11.3 Å². The third-order valence-electron chi connectivity index (χ3n) is 4.97. The highest BCUT2D eigenvalue weighted by Crippen LogP contribution is 2.25. The predicted octanol–water partition coefficient (Wildman–Crippen LogP) is 4.96. The summed E-state index contributed by atoms with van der Waals surface area (Å²) in [6, 6.07) is 20.1. The van der Waals surface area contributed by atoms with E-state index in [1.807, 2.05) is 60.7 Å². The SMILES string of the molecule is O=C(NC1CCCCC1)c1cc(-c2ccccc2)nc2ccccc12. The lowest BCUT2D eigenvalue weighted by Gasteiger charge is -2.23. The largest absolute Gasteiger partial charge is 0.349 e. The Morgan fingerprint density at radius 3 is 2.44 bits per heavy atom. The molecule has 1 aliphatic carbocycles. The van der Waals surface area contributed by atoms with Gasteiger partial charge in [0.05, 0.1) is 16.8 Å². The van der Waals surface area contributed by atoms with Crippen molar-refractivity contribution in [1.82, 2.24) is 10.3 Å². The van der Waals surface area contributed by atoms with Crippen LogP contribution >= 0.6 is 0 Å². The maximum atomic E-state index is 13.0. The first-order chi connectivity index (χ1) is 12.3. The molecular formula is C22H22N2O. The number of rotatable bonds is 3. The van der Waals surface area contributed by atoms with E-state index in [1.165, 1.54) is 19.3 Å². The zero-order valence-electron chi connectivity index (χ0n) is 14.2. The van der Waals surface area contributed by atoms with Gasteiger partial charge in [0.15, 0.2) is 0 Å². The van der Waals surface area contributed by atoms with Crippen molar-refractivity contribution in [2.45, 2.75) is 38.1 Å². The Hall–Kier alpha value is -2.68. The molecule has 0 saturated heterocycles. The van der Waals surface area contributed by atoms with Gasteiger partial charge in [-0.1, -0.05) is 67.8 Å². The molecule has 0 atom stereocenters. The summed E-state index contributed by atoms with van der Waals surface area (Å²) in [7, 11) is 0. The number of fused-ring (bicyclic) bond motifs is 1. The lowest BCUT2D eigenvalue weighted by molar-refractivity contribution is 0.0929. The van der Waals surface area contributed by atoms with Crippen LogP contribution < -0.4 is 5.32 Å². The fraction of sp³-hybridized carbons (Fsp3) is 0.273. The molecule has 1 saturated carbocycles. The lowest BCUT2D eigenvalue weighted by Crippen LogP contribution is -2.36. The summed E-state index contributed by atoms with van der Waals surface area (Å²) in [4.78, 5) is 17.7. The van der Waals surface area contributed by atoms with E-state index in [2.05, 4.69) is 5.32 Å². The highest BCUT2D eigenvalue weighted by Gasteiger charge is 2.19. The van der Waals surface area contributed by atoms with Crippen LogP contribution in [0.4, 0.5) is 0 Å². The molecule has 1 fully saturated rings. The molecule has 1 aliphatic rings. The molecule has 1 aromatic heterocycles. The lowest BCUT2D eigenvalue weighted by atomic mass is 9.95. The molecule has 2 aromatic carbocycles. The average molecular weight is 330 g/mol. The first kappa shape index (κ1) is 15.8. The molecule has 3 heteroatoms. The van der Waals surface area contributed by atoms with Gasteiger partial charge in [0, 0.05) is 17.0 Å². The number of carbonyl (C=O) groups is 1. The molecule has 126 valence electrons. The van der Waals surface area contributed by atoms with Gasteiger partial charge in [0.1, 0.15) is 0 Å². The van der Waals surface area contributed by atoms with Gasteiger partial charge in [-0.25, -0.2) is 4.98 Å². The Kier molecular flexibility index (Phi) is 4.47. The third kappa shape index (κ3) is 3.41. The minimum atomic E-state index is 0.0164. The molecule has 1 heterocycles. The summed E-state index contributed by atoms with van der Waals surface area (Å²) in [6.45, 7) is 0. The Bertz CT molecular complexity index is 883. The van der Waals surface area contributed by atoms with Crippen LogP contribution in [0.15, 0.2) is 60.7 Å². The first-order valence-corrected chi connectivity index (χ1v) is 9.07. The smallest absolute Gasteiger partial charge is 0.252 e. The summed E-state index contributed by atoms with van der Waals surface area (Å²) < 4.78 is 0. The van der Waals surface area contributed by atoms with Gasteiger partial charge >= 0.3 is 0 Å². The first-order valence-electron chi connectivity index (χ1n) is 9.07. The molecule has 0 bridgehead atoms. The number of carbonyl (C=O) groups excluding carboxylic acids is 1. The second-order valence-electron chi connectivity index (χ2n) is 6.75. The van der Waals surface area contributed by atoms with Crippen molar-refractivity contribution in [3.05, 3.63) is 66.2 Å². The minimum Gasteiger partial charge on any atom is -0.349 e. The Labute approximate surface area is 148 Å². The van der Waals surface area contributed by atoms with Crippen LogP contribution in [-0.2, 0) is 0 Å². The molecular weight excluding hydrogens is 308 g/mol. The molecule has 0 radical (unpaired) electrons. The summed E-state index contributed by atoms with van der Waals surface area (Å²) in [5.41, 5.74) is 3.45. The highest BCUT2D eigenvalue weighted by atomic mass is 16.1. The van der Waals surface area contributed by atoms with E-state index in [0.29, 0.717) is 6.04 Å². The Balaban J connectivity index is 1.74. The number of hydrogen-bond acceptors (Lipinski definition) is 2. The number of para-hydroxylation sites is 1. The van der Waals surface area contributed by atoms with Crippen molar-refractivity contribution in [3.63, 3.8) is 0 Å². The summed E-state index contributed by atoms with van der Waals surface area (Å²) in [6.07, 6.45) is 5.86. The molecule has 0 aliphatic heterocycles. The second kappa shape index (κ2) is 7.06. The Morgan fingerprint density at radius 1 is 0.920 bits per heavy atom. The number of hydrogen-bond donors (Lipinski definition) is 1. The van der Waals surface area contributed by atoms with E-state index in [-0.39, 0.29) is 5.91 Å². The van der Waals surface area contributed by atoms with E-state index in [1.54, 1.807) is 0 Å². The number of aromatic nitrogens is 1. The van der Waals surface area contributed by atoms with E-state index >= 15 is 0 Å². The quantitative estimate of drug-likeness (QED) is 0.737. The van der Waals surface area contributed by atoms with Gasteiger partial charge in [0.25, 0.3) is 5.91 Å². The zero-order chi connectivity index (χ0) is 17.1. The van der Waals surface area contributed by atoms with Crippen LogP contribution in [0.1, 0.15) is 42.5 Å². The normalized spacial score (nSPS) is 15.2. The summed E-state index contributed by atoms with van der Waals surface area (Å²) >= 11 is 0. The van der Waals surface area contributed by atoms with Crippen molar-refractivity contribution in [2.75, 3.05) is 0 Å². The van der Waals surface area contributed by atoms with E-state index in [0.717, 1.165) is 40.6 Å². The molecule has 25 heavy (non-hydrogen) atoms. The standard InChI is InChI=1S/C22H22N2O/c25-22(23-17-11-5-2-6-12-17)19-15-21(16-9-3-1-4-10-16)24-20-14-8-7-13-18(19)20/h1,3-4,7-10,13-15,17H,2,5-6,11-12H2,(H,23,25). The number of benzene rings is 2. The highest BCUT2D eigenvalue weighted by molar-refractivity contribution is 6.07. The zero-order valence-corrected chi connectivity index (χ0v) is 14.2. The van der Waals surface area contributed by atoms with E-state index < -0.39 is 0 Å². The van der Waals surface area contributed by atoms with Crippen LogP contribution in [0.2, 0.25) is 0 Å². The molecule has 0 unspecified atom stereocenters. The van der Waals surface area contributed by atoms with Gasteiger partial charge < -0.3 is 5.32 Å². The number of nitrogens with one attached hydrogen (secondary N) is 1. The van der Waals surface area contributed by atoms with E-state index in [9.17, 15) is 4.79 Å². The maximum absolute atomic E-state index is 13.0. The van der Waals surface area contributed by atoms with Crippen LogP contribution in [0, 0.1) is 0 Å². The number of nitrogens with zero attached hydrogens (tertiary/aromatic N) is 1. The fourth-order valence-corrected chi connectivity index (χ4v) is 3.63. The Morgan fingerprint density at radius 2 is 1.64 bits per heavy atom. The van der Waals surface area contributed by atoms with Gasteiger partial charge in [0.2, 0.25) is 0 Å². The van der Waals surface area contributed by atoms with Gasteiger partial charge in [-0.3, -0.25) is 4.79 Å². The molecule has 3 aromatic rings. The van der Waals surface area contributed by atoms with E-state index in [4.69, 9.17) is 4.98 Å². The van der Waals surface area contributed by atoms with Crippen LogP contribution in [0.3, 0.4) is 0 Å². The average Bonchev–Trinajstić information content (AvgIpc) is 2.68. The van der Waals surface area contributed by atoms with Gasteiger partial charge in [-0.15, -0.1) is 0 Å². The van der Waals surface area contributed by atoms with Crippen molar-refractivity contribution >= 4 is 16.8 Å². The molecule has 4 rings (SSSR count). The van der Waals surface area contributed by atoms with Crippen molar-refractivity contribution < 1.29 is 4.79 Å². The second-order valence-corrected chi connectivity index (χ2v) is 6.75. The maximum Gasteiger partial charge on any atom is 0.252 e. The number of amides is 1. The predicted molar refractivity (Wildman–Crippen MR) is 102 cm³/mol. The fourth-order valence-electron chi connectivity index (χ4n) is 3.63. The minimum absolute atomic E-state index is 0.0164. The topological polar surface area (TPSA) is 42.0 Å². The molecule has 0 spiro atoms. The summed E-state index contributed by atoms with van der Waals surface area (Å²) in [5.74, 6) is 0.0164. The third-order valence-corrected chi connectivity index (χ3v) is 4.97. The molecule has 1 N–H and O–H groups in total. The van der Waals surface area contributed by atoms with Crippen molar-refractivity contribution in [1.29, 1.82) is 0 Å². The van der Waals surface area contributed by atoms with Crippen LogP contribution in [0.5, 0.6) is 0 Å². The molecule has 3 nitrogen and oxygen atoms in total. The monoisotopic (exact) mass is 330 g/mol.